The summed E-state index contributed by atoms with van der Waals surface area (Å²) in [5, 5.41) is 9.15. The summed E-state index contributed by atoms with van der Waals surface area (Å²) in [5.41, 5.74) is 3.31. The van der Waals surface area contributed by atoms with E-state index in [1.54, 1.807) is 0 Å². The summed E-state index contributed by atoms with van der Waals surface area (Å²) >= 11 is 6.11. The Hall–Kier alpha value is -2.33. The molecular formula is C19H20ClN3O. The number of halogens is 1. The van der Waals surface area contributed by atoms with E-state index in [1.165, 1.54) is 5.56 Å². The highest BCUT2D eigenvalue weighted by Crippen LogP contribution is 2.16. The molecule has 0 fully saturated rings. The van der Waals surface area contributed by atoms with Crippen LogP contribution in [0.3, 0.4) is 0 Å². The Balaban J connectivity index is 1.50. The fourth-order valence-electron chi connectivity index (χ4n) is 2.69. The van der Waals surface area contributed by atoms with Gasteiger partial charge in [-0.2, -0.15) is 5.10 Å². The average molecular weight is 342 g/mol. The topological polar surface area (TPSA) is 46.9 Å². The Bertz CT molecular complexity index is 857. The van der Waals surface area contributed by atoms with Crippen LogP contribution in [0.4, 0.5) is 0 Å². The van der Waals surface area contributed by atoms with E-state index in [0.717, 1.165) is 27.9 Å². The van der Waals surface area contributed by atoms with Crippen LogP contribution in [0.15, 0.2) is 48.7 Å². The number of hydrogen-bond acceptors (Lipinski definition) is 2. The van der Waals surface area contributed by atoms with Crippen LogP contribution < -0.4 is 5.32 Å². The smallest absolute Gasteiger partial charge is 0.221 e. The Labute approximate surface area is 146 Å². The lowest BCUT2D eigenvalue weighted by Gasteiger charge is -2.07. The molecule has 3 rings (SSSR count). The number of rotatable bonds is 6. The Morgan fingerprint density at radius 1 is 1.25 bits per heavy atom. The maximum Gasteiger partial charge on any atom is 0.221 e. The van der Waals surface area contributed by atoms with E-state index in [1.807, 2.05) is 35.1 Å². The van der Waals surface area contributed by atoms with Gasteiger partial charge in [-0.25, -0.2) is 0 Å². The van der Waals surface area contributed by atoms with Gasteiger partial charge in [0.25, 0.3) is 0 Å². The zero-order chi connectivity index (χ0) is 16.9. The van der Waals surface area contributed by atoms with Crippen molar-refractivity contribution in [3.63, 3.8) is 0 Å². The van der Waals surface area contributed by atoms with Crippen molar-refractivity contribution in [2.75, 3.05) is 6.54 Å². The second-order valence-electron chi connectivity index (χ2n) is 5.87. The first-order valence-electron chi connectivity index (χ1n) is 8.06. The van der Waals surface area contributed by atoms with Crippen molar-refractivity contribution in [3.05, 3.63) is 64.8 Å². The summed E-state index contributed by atoms with van der Waals surface area (Å²) in [6, 6.07) is 13.9. The highest BCUT2D eigenvalue weighted by Gasteiger charge is 2.06. The molecule has 0 bridgehead atoms. The average Bonchev–Trinajstić information content (AvgIpc) is 2.97. The number of hydrogen-bond donors (Lipinski definition) is 1. The van der Waals surface area contributed by atoms with Gasteiger partial charge >= 0.3 is 0 Å². The van der Waals surface area contributed by atoms with Gasteiger partial charge in [0.05, 0.1) is 18.3 Å². The number of amides is 1. The number of fused-ring (bicyclic) bond motifs is 1. The number of benzene rings is 2. The second-order valence-corrected chi connectivity index (χ2v) is 6.28. The quantitative estimate of drug-likeness (QED) is 0.742. The number of aromatic nitrogens is 2. The molecule has 2 aromatic carbocycles. The molecule has 0 aliphatic heterocycles. The van der Waals surface area contributed by atoms with Gasteiger partial charge in [0, 0.05) is 23.4 Å². The Morgan fingerprint density at radius 3 is 2.92 bits per heavy atom. The summed E-state index contributed by atoms with van der Waals surface area (Å²) in [6.45, 7) is 3.21. The lowest BCUT2D eigenvalue weighted by atomic mass is 10.1. The molecule has 3 aromatic rings. The van der Waals surface area contributed by atoms with E-state index in [0.29, 0.717) is 19.5 Å². The third-order valence-corrected chi connectivity index (χ3v) is 4.39. The van der Waals surface area contributed by atoms with Crippen LogP contribution in [-0.2, 0) is 17.8 Å². The Kier molecular flexibility index (Phi) is 5.16. The van der Waals surface area contributed by atoms with Gasteiger partial charge < -0.3 is 5.32 Å². The van der Waals surface area contributed by atoms with Gasteiger partial charge in [0.2, 0.25) is 5.91 Å². The molecule has 124 valence electrons. The third-order valence-electron chi connectivity index (χ3n) is 4.03. The summed E-state index contributed by atoms with van der Waals surface area (Å²) in [6.07, 6.45) is 2.98. The zero-order valence-corrected chi connectivity index (χ0v) is 14.4. The summed E-state index contributed by atoms with van der Waals surface area (Å²) in [5.74, 6) is 0.0263. The predicted octanol–water partition coefficient (Wildman–Crippen LogP) is 3.75. The van der Waals surface area contributed by atoms with Crippen molar-refractivity contribution < 1.29 is 4.79 Å². The number of aryl methyl sites for hydroxylation is 2. The molecule has 0 saturated heterocycles. The minimum absolute atomic E-state index is 0.0263. The number of carbonyl (C=O) groups is 1. The first-order chi connectivity index (χ1) is 11.6. The van der Waals surface area contributed by atoms with Crippen LogP contribution >= 0.6 is 11.6 Å². The van der Waals surface area contributed by atoms with Crippen molar-refractivity contribution >= 4 is 28.4 Å². The number of nitrogens with zero attached hydrogens (tertiary/aromatic N) is 2. The maximum absolute atomic E-state index is 12.0. The van der Waals surface area contributed by atoms with E-state index >= 15 is 0 Å². The van der Waals surface area contributed by atoms with Gasteiger partial charge in [-0.15, -0.1) is 0 Å². The summed E-state index contributed by atoms with van der Waals surface area (Å²) in [7, 11) is 0. The van der Waals surface area contributed by atoms with Gasteiger partial charge in [0.15, 0.2) is 0 Å². The fraction of sp³-hybridized carbons (Fsp3) is 0.263. The molecule has 1 amide bonds. The second kappa shape index (κ2) is 7.49. The SMILES string of the molecule is Cc1ccc2cnn(CCC(=O)NCCc3ccccc3Cl)c2c1. The largest absolute Gasteiger partial charge is 0.356 e. The first kappa shape index (κ1) is 16.5. The van der Waals surface area contributed by atoms with Gasteiger partial charge in [-0.05, 0) is 36.6 Å². The molecule has 0 atom stereocenters. The van der Waals surface area contributed by atoms with Crippen LogP contribution in [0, 0.1) is 6.92 Å². The lowest BCUT2D eigenvalue weighted by Crippen LogP contribution is -2.26. The predicted molar refractivity (Wildman–Crippen MR) is 97.3 cm³/mol. The van der Waals surface area contributed by atoms with Crippen LogP contribution in [0.5, 0.6) is 0 Å². The highest BCUT2D eigenvalue weighted by atomic mass is 35.5. The van der Waals surface area contributed by atoms with Crippen LogP contribution in [-0.4, -0.2) is 22.2 Å². The lowest BCUT2D eigenvalue weighted by molar-refractivity contribution is -0.121. The molecular weight excluding hydrogens is 322 g/mol. The molecule has 0 radical (unpaired) electrons. The van der Waals surface area contributed by atoms with E-state index in [2.05, 4.69) is 35.5 Å². The molecule has 5 heteroatoms. The monoisotopic (exact) mass is 341 g/mol. The normalized spacial score (nSPS) is 10.9. The van der Waals surface area contributed by atoms with Crippen molar-refractivity contribution in [1.82, 2.24) is 15.1 Å². The molecule has 0 saturated carbocycles. The standard InChI is InChI=1S/C19H20ClN3O/c1-14-6-7-16-13-22-23(18(16)12-14)11-9-19(24)21-10-8-15-4-2-3-5-17(15)20/h2-7,12-13H,8-11H2,1H3,(H,21,24). The molecule has 0 spiro atoms. The molecule has 0 aliphatic rings. The van der Waals surface area contributed by atoms with Crippen molar-refractivity contribution in [2.45, 2.75) is 26.3 Å². The molecule has 0 aliphatic carbocycles. The molecule has 1 heterocycles. The molecule has 4 nitrogen and oxygen atoms in total. The van der Waals surface area contributed by atoms with Gasteiger partial charge in [0.1, 0.15) is 0 Å². The van der Waals surface area contributed by atoms with E-state index in [4.69, 9.17) is 11.6 Å². The molecule has 1 aromatic heterocycles. The van der Waals surface area contributed by atoms with Crippen molar-refractivity contribution in [3.8, 4) is 0 Å². The van der Waals surface area contributed by atoms with Gasteiger partial charge in [-0.1, -0.05) is 41.9 Å². The van der Waals surface area contributed by atoms with Gasteiger partial charge in [-0.3, -0.25) is 9.48 Å². The summed E-state index contributed by atoms with van der Waals surface area (Å²) < 4.78 is 1.88. The highest BCUT2D eigenvalue weighted by molar-refractivity contribution is 6.31. The molecule has 1 N–H and O–H groups in total. The minimum Gasteiger partial charge on any atom is -0.356 e. The Morgan fingerprint density at radius 2 is 2.08 bits per heavy atom. The van der Waals surface area contributed by atoms with E-state index in [-0.39, 0.29) is 5.91 Å². The van der Waals surface area contributed by atoms with Crippen molar-refractivity contribution in [2.24, 2.45) is 0 Å². The number of nitrogens with one attached hydrogen (secondary N) is 1. The molecule has 24 heavy (non-hydrogen) atoms. The minimum atomic E-state index is 0.0263. The van der Waals surface area contributed by atoms with Crippen LogP contribution in [0.2, 0.25) is 5.02 Å². The first-order valence-corrected chi connectivity index (χ1v) is 8.43. The summed E-state index contributed by atoms with van der Waals surface area (Å²) in [4.78, 5) is 12.0. The van der Waals surface area contributed by atoms with Crippen LogP contribution in [0.1, 0.15) is 17.5 Å². The maximum atomic E-state index is 12.0. The van der Waals surface area contributed by atoms with E-state index in [9.17, 15) is 4.79 Å². The van der Waals surface area contributed by atoms with E-state index < -0.39 is 0 Å². The third kappa shape index (κ3) is 3.95. The van der Waals surface area contributed by atoms with Crippen molar-refractivity contribution in [1.29, 1.82) is 0 Å². The number of carbonyl (C=O) groups excluding carboxylic acids is 1. The zero-order valence-electron chi connectivity index (χ0n) is 13.6. The molecule has 0 unspecified atom stereocenters. The van der Waals surface area contributed by atoms with Crippen LogP contribution in [0.25, 0.3) is 10.9 Å². The fourth-order valence-corrected chi connectivity index (χ4v) is 2.92.